The molecule has 0 heterocycles. The quantitative estimate of drug-likeness (QED) is 0.0261. The summed E-state index contributed by atoms with van der Waals surface area (Å²) in [4.78, 5) is 38.3. The third-order valence-corrected chi connectivity index (χ3v) is 12.4. The minimum absolute atomic E-state index is 0.123. The Labute approximate surface area is 484 Å². The molecular formula is C73H112O6. The number of allylic oxidation sites excluding steroid dienone is 30. The number of rotatable bonds is 54. The molecule has 0 saturated heterocycles. The Morgan fingerprint density at radius 1 is 0.266 bits per heavy atom. The van der Waals surface area contributed by atoms with Gasteiger partial charge in [0.1, 0.15) is 13.2 Å². The van der Waals surface area contributed by atoms with Crippen LogP contribution in [0.25, 0.3) is 0 Å². The van der Waals surface area contributed by atoms with Crippen LogP contribution in [0.5, 0.6) is 0 Å². The summed E-state index contributed by atoms with van der Waals surface area (Å²) in [6.45, 7) is 6.29. The van der Waals surface area contributed by atoms with E-state index >= 15 is 0 Å². The smallest absolute Gasteiger partial charge is 0.306 e. The van der Waals surface area contributed by atoms with Gasteiger partial charge in [-0.15, -0.1) is 0 Å². The van der Waals surface area contributed by atoms with E-state index in [1.807, 2.05) is 0 Å². The maximum Gasteiger partial charge on any atom is 0.306 e. The predicted octanol–water partition coefficient (Wildman–Crippen LogP) is 21.7. The molecule has 0 rings (SSSR count). The Balaban J connectivity index is 4.58. The number of ether oxygens (including phenoxy) is 3. The van der Waals surface area contributed by atoms with Crippen LogP contribution in [0.3, 0.4) is 0 Å². The maximum atomic E-state index is 12.9. The maximum absolute atomic E-state index is 12.9. The highest BCUT2D eigenvalue weighted by molar-refractivity contribution is 5.71. The first-order chi connectivity index (χ1) is 39.0. The van der Waals surface area contributed by atoms with Crippen molar-refractivity contribution in [1.29, 1.82) is 0 Å². The van der Waals surface area contributed by atoms with E-state index in [2.05, 4.69) is 203 Å². The van der Waals surface area contributed by atoms with Gasteiger partial charge in [0.05, 0.1) is 0 Å². The molecule has 6 nitrogen and oxygen atoms in total. The van der Waals surface area contributed by atoms with Crippen LogP contribution < -0.4 is 0 Å². The molecule has 440 valence electrons. The zero-order chi connectivity index (χ0) is 57.1. The molecule has 1 unspecified atom stereocenters. The molecule has 0 bridgehead atoms. The van der Waals surface area contributed by atoms with E-state index in [0.29, 0.717) is 19.3 Å². The van der Waals surface area contributed by atoms with E-state index in [-0.39, 0.29) is 37.5 Å². The van der Waals surface area contributed by atoms with Crippen molar-refractivity contribution in [1.82, 2.24) is 0 Å². The van der Waals surface area contributed by atoms with E-state index in [4.69, 9.17) is 14.2 Å². The molecule has 0 radical (unpaired) electrons. The van der Waals surface area contributed by atoms with Crippen LogP contribution >= 0.6 is 0 Å². The van der Waals surface area contributed by atoms with Gasteiger partial charge in [-0.3, -0.25) is 14.4 Å². The normalized spacial score (nSPS) is 13.4. The van der Waals surface area contributed by atoms with Crippen LogP contribution in [0.2, 0.25) is 0 Å². The lowest BCUT2D eigenvalue weighted by Gasteiger charge is -2.18. The van der Waals surface area contributed by atoms with Gasteiger partial charge in [0.2, 0.25) is 0 Å². The minimum atomic E-state index is -0.834. The van der Waals surface area contributed by atoms with Crippen molar-refractivity contribution in [2.45, 2.75) is 245 Å². The summed E-state index contributed by atoms with van der Waals surface area (Å²) in [6, 6.07) is 0. The lowest BCUT2D eigenvalue weighted by Crippen LogP contribution is -2.30. The van der Waals surface area contributed by atoms with Gasteiger partial charge in [-0.25, -0.2) is 0 Å². The molecule has 0 spiro atoms. The summed E-state index contributed by atoms with van der Waals surface area (Å²) in [5, 5.41) is 0. The minimum Gasteiger partial charge on any atom is -0.462 e. The summed E-state index contributed by atoms with van der Waals surface area (Å²) in [5.41, 5.74) is 0. The lowest BCUT2D eigenvalue weighted by molar-refractivity contribution is -0.167. The van der Waals surface area contributed by atoms with E-state index in [9.17, 15) is 14.4 Å². The van der Waals surface area contributed by atoms with E-state index in [1.54, 1.807) is 0 Å². The zero-order valence-electron chi connectivity index (χ0n) is 50.3. The fourth-order valence-electron chi connectivity index (χ4n) is 7.75. The zero-order valence-corrected chi connectivity index (χ0v) is 50.3. The highest BCUT2D eigenvalue weighted by atomic mass is 16.6. The largest absolute Gasteiger partial charge is 0.462 e. The SMILES string of the molecule is CC/C=C\C/C=C\C/C=C\C/C=C\C/C=C\C/C=C\C/C=C\CCCCCC(=O)OCC(COC(=O)CCCCCCC/C=C\C/C=C\CCCCC)OC(=O)CCCC/C=C\C/C=C\C/C=C\C/C=C\C/C=C\C/C=C\CC. The standard InChI is InChI=1S/C73H112O6/c1-4-7-10-13-16-19-22-25-28-30-32-34-35-36-37-39-40-42-45-48-51-54-57-60-63-66-72(75)78-69-70(68-77-71(74)65-62-59-56-53-50-47-44-27-24-21-18-15-12-9-6-3)79-73(76)67-64-61-58-55-52-49-46-43-41-38-33-31-29-26-23-20-17-14-11-8-5-2/h7-8,10-11,16-21,25-29,32-34,36-38,40,42-44,46,48,51-52,55,70H,4-6,9,12-15,22-24,30-31,35,39,41,45,47,49-50,53-54,56-69H2,1-3H3/b10-7-,11-8-,19-16-,20-17-,21-18-,28-25-,29-26-,34-32-,37-36-,38-33-,42-40-,44-27-,46-43-,51-48-,55-52-. The number of unbranched alkanes of at least 4 members (excludes halogenated alkanes) is 13. The van der Waals surface area contributed by atoms with Crippen molar-refractivity contribution >= 4 is 17.9 Å². The summed E-state index contributed by atoms with van der Waals surface area (Å²) < 4.78 is 16.8. The van der Waals surface area contributed by atoms with Crippen molar-refractivity contribution in [3.8, 4) is 0 Å². The predicted molar refractivity (Wildman–Crippen MR) is 343 cm³/mol. The monoisotopic (exact) mass is 1080 g/mol. The Morgan fingerprint density at radius 3 is 0.810 bits per heavy atom. The second kappa shape index (κ2) is 65.0. The second-order valence-corrected chi connectivity index (χ2v) is 19.8. The molecule has 0 saturated carbocycles. The van der Waals surface area contributed by atoms with Crippen molar-refractivity contribution in [3.63, 3.8) is 0 Å². The van der Waals surface area contributed by atoms with Gasteiger partial charge in [0.25, 0.3) is 0 Å². The number of hydrogen-bond donors (Lipinski definition) is 0. The molecular weight excluding hydrogens is 973 g/mol. The van der Waals surface area contributed by atoms with Crippen molar-refractivity contribution < 1.29 is 28.6 Å². The van der Waals surface area contributed by atoms with Crippen molar-refractivity contribution in [3.05, 3.63) is 182 Å². The number of carbonyl (C=O) groups excluding carboxylic acids is 3. The first-order valence-corrected chi connectivity index (χ1v) is 31.3. The third-order valence-electron chi connectivity index (χ3n) is 12.4. The highest BCUT2D eigenvalue weighted by Crippen LogP contribution is 2.12. The Kier molecular flexibility index (Phi) is 60.5. The molecule has 0 fully saturated rings. The van der Waals surface area contributed by atoms with E-state index in [1.165, 1.54) is 25.7 Å². The first-order valence-electron chi connectivity index (χ1n) is 31.3. The van der Waals surface area contributed by atoms with Crippen LogP contribution in [0.1, 0.15) is 239 Å². The Hall–Kier alpha value is -5.49. The fraction of sp³-hybridized carbons (Fsp3) is 0.548. The summed E-state index contributed by atoms with van der Waals surface area (Å²) in [7, 11) is 0. The number of hydrogen-bond acceptors (Lipinski definition) is 6. The molecule has 79 heavy (non-hydrogen) atoms. The van der Waals surface area contributed by atoms with Crippen molar-refractivity contribution in [2.24, 2.45) is 0 Å². The molecule has 0 aliphatic rings. The van der Waals surface area contributed by atoms with Gasteiger partial charge in [-0.2, -0.15) is 0 Å². The average Bonchev–Trinajstić information content (AvgIpc) is 3.45. The molecule has 0 amide bonds. The van der Waals surface area contributed by atoms with Gasteiger partial charge >= 0.3 is 17.9 Å². The van der Waals surface area contributed by atoms with E-state index < -0.39 is 6.10 Å². The topological polar surface area (TPSA) is 78.9 Å². The van der Waals surface area contributed by atoms with Crippen molar-refractivity contribution in [2.75, 3.05) is 13.2 Å². The number of esters is 3. The van der Waals surface area contributed by atoms with Crippen LogP contribution in [0.15, 0.2) is 182 Å². The van der Waals surface area contributed by atoms with Gasteiger partial charge in [0, 0.05) is 19.3 Å². The molecule has 0 aromatic heterocycles. The molecule has 0 aromatic carbocycles. The molecule has 1 atom stereocenters. The van der Waals surface area contributed by atoms with Gasteiger partial charge in [0.15, 0.2) is 6.10 Å². The fourth-order valence-corrected chi connectivity index (χ4v) is 7.75. The van der Waals surface area contributed by atoms with Crippen LogP contribution in [0, 0.1) is 0 Å². The van der Waals surface area contributed by atoms with Gasteiger partial charge < -0.3 is 14.2 Å². The van der Waals surface area contributed by atoms with Crippen LogP contribution in [-0.4, -0.2) is 37.2 Å². The summed E-state index contributed by atoms with van der Waals surface area (Å²) in [6.07, 6.45) is 97.4. The molecule has 0 aliphatic heterocycles. The molecule has 0 aromatic rings. The first kappa shape index (κ1) is 73.5. The second-order valence-electron chi connectivity index (χ2n) is 19.8. The molecule has 0 aliphatic carbocycles. The highest BCUT2D eigenvalue weighted by Gasteiger charge is 2.19. The van der Waals surface area contributed by atoms with Gasteiger partial charge in [-0.1, -0.05) is 242 Å². The summed E-state index contributed by atoms with van der Waals surface area (Å²) >= 11 is 0. The third kappa shape index (κ3) is 63.2. The molecule has 0 N–H and O–H groups in total. The Bertz CT molecular complexity index is 1870. The Morgan fingerprint density at radius 2 is 0.494 bits per heavy atom. The van der Waals surface area contributed by atoms with Crippen LogP contribution in [0.4, 0.5) is 0 Å². The lowest BCUT2D eigenvalue weighted by atomic mass is 10.1. The van der Waals surface area contributed by atoms with E-state index in [0.717, 1.165) is 167 Å². The number of carbonyl (C=O) groups is 3. The summed E-state index contributed by atoms with van der Waals surface area (Å²) in [5.74, 6) is -1.02. The van der Waals surface area contributed by atoms with Crippen LogP contribution in [-0.2, 0) is 28.6 Å². The average molecular weight is 1090 g/mol. The molecule has 6 heteroatoms. The van der Waals surface area contributed by atoms with Gasteiger partial charge in [-0.05, 0) is 161 Å².